The Balaban J connectivity index is 2.84. The summed E-state index contributed by atoms with van der Waals surface area (Å²) in [6.07, 6.45) is -6.48. The first-order valence-corrected chi connectivity index (χ1v) is 9.10. The summed E-state index contributed by atoms with van der Waals surface area (Å²) in [5, 5.41) is 0. The van der Waals surface area contributed by atoms with E-state index in [2.05, 4.69) is 0 Å². The number of carbonyl (C=O) groups excluding carboxylic acids is 1. The Morgan fingerprint density at radius 1 is 1.23 bits per heavy atom. The van der Waals surface area contributed by atoms with E-state index >= 15 is 0 Å². The summed E-state index contributed by atoms with van der Waals surface area (Å²) < 4.78 is 67.1. The standard InChI is InChI=1S/C12H19ClF3NO4S/c1-10(2,3)21-9(18)17-6-4-11(5-7-17,12(14,15)16)8-22(13,19)20/h4-8H2,1-3H3. The summed E-state index contributed by atoms with van der Waals surface area (Å²) in [4.78, 5) is 13.0. The van der Waals surface area contributed by atoms with Crippen LogP contribution in [0.4, 0.5) is 18.0 Å². The quantitative estimate of drug-likeness (QED) is 0.705. The third-order valence-electron chi connectivity index (χ3n) is 3.42. The van der Waals surface area contributed by atoms with E-state index in [1.165, 1.54) is 0 Å². The molecule has 22 heavy (non-hydrogen) atoms. The van der Waals surface area contributed by atoms with Crippen LogP contribution in [0.15, 0.2) is 0 Å². The van der Waals surface area contributed by atoms with Gasteiger partial charge in [0.1, 0.15) is 5.60 Å². The van der Waals surface area contributed by atoms with Crippen molar-refractivity contribution in [1.82, 2.24) is 4.90 Å². The summed E-state index contributed by atoms with van der Waals surface area (Å²) in [6, 6.07) is 0. The van der Waals surface area contributed by atoms with Crippen molar-refractivity contribution in [2.75, 3.05) is 18.8 Å². The zero-order valence-corrected chi connectivity index (χ0v) is 14.1. The highest BCUT2D eigenvalue weighted by Gasteiger charge is 2.57. The molecule has 5 nitrogen and oxygen atoms in total. The van der Waals surface area contributed by atoms with Crippen LogP contribution in [0.1, 0.15) is 33.6 Å². The van der Waals surface area contributed by atoms with E-state index in [9.17, 15) is 26.4 Å². The van der Waals surface area contributed by atoms with E-state index in [1.54, 1.807) is 20.8 Å². The molecule has 1 amide bonds. The van der Waals surface area contributed by atoms with Gasteiger partial charge in [-0.2, -0.15) is 13.2 Å². The number of alkyl halides is 3. The minimum absolute atomic E-state index is 0.235. The van der Waals surface area contributed by atoms with Gasteiger partial charge in [0.05, 0.1) is 11.2 Å². The van der Waals surface area contributed by atoms with E-state index in [0.717, 1.165) is 4.90 Å². The molecular weight excluding hydrogens is 347 g/mol. The van der Waals surface area contributed by atoms with Gasteiger partial charge < -0.3 is 9.64 Å². The van der Waals surface area contributed by atoms with Gasteiger partial charge in [-0.05, 0) is 33.6 Å². The van der Waals surface area contributed by atoms with Crippen molar-refractivity contribution in [3.63, 3.8) is 0 Å². The van der Waals surface area contributed by atoms with Crippen molar-refractivity contribution in [1.29, 1.82) is 0 Å². The number of carbonyl (C=O) groups is 1. The molecule has 0 aromatic carbocycles. The highest BCUT2D eigenvalue weighted by Crippen LogP contribution is 2.47. The number of nitrogens with zero attached hydrogens (tertiary/aromatic N) is 1. The molecule has 130 valence electrons. The zero-order valence-electron chi connectivity index (χ0n) is 12.5. The highest BCUT2D eigenvalue weighted by molar-refractivity contribution is 8.13. The molecule has 1 heterocycles. The van der Waals surface area contributed by atoms with Gasteiger partial charge in [0.15, 0.2) is 0 Å². The van der Waals surface area contributed by atoms with Gasteiger partial charge in [-0.3, -0.25) is 0 Å². The molecule has 0 aromatic rings. The van der Waals surface area contributed by atoms with Gasteiger partial charge in [-0.1, -0.05) is 0 Å². The normalized spacial score (nSPS) is 19.9. The first kappa shape index (κ1) is 19.3. The van der Waals surface area contributed by atoms with Crippen molar-refractivity contribution in [2.45, 2.75) is 45.4 Å². The second kappa shape index (κ2) is 6.07. The average Bonchev–Trinajstić information content (AvgIpc) is 2.23. The third-order valence-corrected chi connectivity index (χ3v) is 4.65. The minimum Gasteiger partial charge on any atom is -0.444 e. The van der Waals surface area contributed by atoms with Crippen molar-refractivity contribution >= 4 is 25.8 Å². The number of likely N-dealkylation sites (tertiary alicyclic amines) is 1. The predicted octanol–water partition coefficient (Wildman–Crippen LogP) is 3.13. The smallest absolute Gasteiger partial charge is 0.410 e. The van der Waals surface area contributed by atoms with E-state index in [-0.39, 0.29) is 13.1 Å². The Kier molecular flexibility index (Phi) is 5.34. The Morgan fingerprint density at radius 3 is 2.00 bits per heavy atom. The predicted molar refractivity (Wildman–Crippen MR) is 75.2 cm³/mol. The number of rotatable bonds is 2. The summed E-state index contributed by atoms with van der Waals surface area (Å²) in [7, 11) is 0.701. The third kappa shape index (κ3) is 5.19. The number of amides is 1. The van der Waals surface area contributed by atoms with Crippen LogP contribution in [-0.2, 0) is 13.8 Å². The molecule has 0 radical (unpaired) electrons. The molecule has 0 aliphatic carbocycles. The van der Waals surface area contributed by atoms with Gasteiger partial charge >= 0.3 is 12.3 Å². The van der Waals surface area contributed by atoms with Crippen LogP contribution in [-0.4, -0.2) is 50.0 Å². The van der Waals surface area contributed by atoms with Gasteiger partial charge in [-0.15, -0.1) is 0 Å². The lowest BCUT2D eigenvalue weighted by molar-refractivity contribution is -0.228. The fourth-order valence-electron chi connectivity index (χ4n) is 2.28. The maximum Gasteiger partial charge on any atom is 0.410 e. The second-order valence-corrected chi connectivity index (χ2v) is 9.21. The lowest BCUT2D eigenvalue weighted by atomic mass is 9.79. The van der Waals surface area contributed by atoms with Crippen molar-refractivity contribution in [3.8, 4) is 0 Å². The van der Waals surface area contributed by atoms with Crippen LogP contribution >= 0.6 is 10.7 Å². The van der Waals surface area contributed by atoms with E-state index in [1.807, 2.05) is 0 Å². The molecule has 0 saturated carbocycles. The molecule has 0 atom stereocenters. The van der Waals surface area contributed by atoms with Crippen molar-refractivity contribution in [2.24, 2.45) is 5.41 Å². The number of piperidine rings is 1. The number of ether oxygens (including phenoxy) is 1. The molecule has 0 aromatic heterocycles. The molecule has 0 N–H and O–H groups in total. The molecule has 0 bridgehead atoms. The average molecular weight is 366 g/mol. The Bertz CT molecular complexity index is 519. The molecule has 0 unspecified atom stereocenters. The largest absolute Gasteiger partial charge is 0.444 e. The molecule has 0 spiro atoms. The van der Waals surface area contributed by atoms with Gasteiger partial charge in [0.25, 0.3) is 0 Å². The van der Waals surface area contributed by atoms with Crippen LogP contribution < -0.4 is 0 Å². The number of hydrogen-bond acceptors (Lipinski definition) is 4. The van der Waals surface area contributed by atoms with Gasteiger partial charge in [0.2, 0.25) is 9.05 Å². The summed E-state index contributed by atoms with van der Waals surface area (Å²) in [5.74, 6) is -1.19. The Morgan fingerprint density at radius 2 is 1.68 bits per heavy atom. The fraction of sp³-hybridized carbons (Fsp3) is 0.917. The summed E-state index contributed by atoms with van der Waals surface area (Å²) >= 11 is 0. The Labute approximate surface area is 132 Å². The maximum absolute atomic E-state index is 13.3. The molecule has 1 aliphatic heterocycles. The summed E-state index contributed by atoms with van der Waals surface area (Å²) in [6.45, 7) is 4.47. The first-order chi connectivity index (χ1) is 9.65. The monoisotopic (exact) mass is 365 g/mol. The van der Waals surface area contributed by atoms with Crippen LogP contribution in [0, 0.1) is 5.41 Å². The van der Waals surface area contributed by atoms with E-state index in [0.29, 0.717) is 0 Å². The van der Waals surface area contributed by atoms with E-state index in [4.69, 9.17) is 15.4 Å². The first-order valence-electron chi connectivity index (χ1n) is 6.62. The molecule has 1 aliphatic rings. The Hall–Kier alpha value is -0.700. The second-order valence-electron chi connectivity index (χ2n) is 6.43. The molecule has 1 rings (SSSR count). The molecule has 1 saturated heterocycles. The lowest BCUT2D eigenvalue weighted by Gasteiger charge is -2.42. The van der Waals surface area contributed by atoms with Crippen LogP contribution in [0.2, 0.25) is 0 Å². The highest BCUT2D eigenvalue weighted by atomic mass is 35.7. The van der Waals surface area contributed by atoms with Crippen LogP contribution in [0.3, 0.4) is 0 Å². The zero-order chi connectivity index (χ0) is 17.4. The van der Waals surface area contributed by atoms with E-state index < -0.39 is 50.9 Å². The van der Waals surface area contributed by atoms with Crippen LogP contribution in [0.5, 0.6) is 0 Å². The van der Waals surface area contributed by atoms with Crippen LogP contribution in [0.25, 0.3) is 0 Å². The molecule has 1 fully saturated rings. The SMILES string of the molecule is CC(C)(C)OC(=O)N1CCC(CS(=O)(=O)Cl)(C(F)(F)F)CC1. The van der Waals surface area contributed by atoms with Gasteiger partial charge in [-0.25, -0.2) is 13.2 Å². The minimum atomic E-state index is -4.71. The summed E-state index contributed by atoms with van der Waals surface area (Å²) in [5.41, 5.74) is -3.18. The van der Waals surface area contributed by atoms with Gasteiger partial charge in [0, 0.05) is 23.8 Å². The topological polar surface area (TPSA) is 63.7 Å². The fourth-order valence-corrected chi connectivity index (χ4v) is 4.02. The lowest BCUT2D eigenvalue weighted by Crippen LogP contribution is -2.52. The number of hydrogen-bond donors (Lipinski definition) is 0. The molecular formula is C12H19ClF3NO4S. The van der Waals surface area contributed by atoms with Crippen molar-refractivity contribution in [3.05, 3.63) is 0 Å². The van der Waals surface area contributed by atoms with Crippen molar-refractivity contribution < 1.29 is 31.1 Å². The number of halogens is 4. The molecule has 10 heteroatoms. The maximum atomic E-state index is 13.3.